The van der Waals surface area contributed by atoms with Crippen LogP contribution in [0.2, 0.25) is 0 Å². The molecule has 2 aliphatic rings. The van der Waals surface area contributed by atoms with Crippen LogP contribution in [0, 0.1) is 0 Å². The van der Waals surface area contributed by atoms with Crippen molar-refractivity contribution in [2.45, 2.75) is 38.5 Å². The standard InChI is InChI=1S/C11H17N5O2/c1-14(8-2-3-8)10(17)7-16-11(18)15-5-4-12-6-9(15)13-16/h8,12H,2-7H2,1H3. The lowest BCUT2D eigenvalue weighted by molar-refractivity contribution is -0.131. The van der Waals surface area contributed by atoms with E-state index in [1.165, 1.54) is 4.68 Å². The van der Waals surface area contributed by atoms with Crippen LogP contribution < -0.4 is 11.0 Å². The van der Waals surface area contributed by atoms with Crippen LogP contribution in [0.4, 0.5) is 0 Å². The highest BCUT2D eigenvalue weighted by molar-refractivity contribution is 5.76. The normalized spacial score (nSPS) is 18.5. The third kappa shape index (κ3) is 1.94. The van der Waals surface area contributed by atoms with Crippen LogP contribution in [0.3, 0.4) is 0 Å². The van der Waals surface area contributed by atoms with E-state index in [0.29, 0.717) is 25.0 Å². The largest absolute Gasteiger partial charge is 0.346 e. The summed E-state index contributed by atoms with van der Waals surface area (Å²) in [6.45, 7) is 2.04. The van der Waals surface area contributed by atoms with Gasteiger partial charge in [-0.05, 0) is 12.8 Å². The van der Waals surface area contributed by atoms with E-state index in [4.69, 9.17) is 0 Å². The fraction of sp³-hybridized carbons (Fsp3) is 0.727. The Labute approximate surface area is 104 Å². The van der Waals surface area contributed by atoms with Crippen LogP contribution in [-0.4, -0.2) is 44.8 Å². The second-order valence-electron chi connectivity index (χ2n) is 4.92. The molecule has 0 atom stereocenters. The van der Waals surface area contributed by atoms with E-state index in [2.05, 4.69) is 10.4 Å². The van der Waals surface area contributed by atoms with Crippen molar-refractivity contribution in [3.63, 3.8) is 0 Å². The second-order valence-corrected chi connectivity index (χ2v) is 4.92. The molecule has 1 amide bonds. The van der Waals surface area contributed by atoms with Crippen LogP contribution in [0.1, 0.15) is 18.7 Å². The van der Waals surface area contributed by atoms with Gasteiger partial charge < -0.3 is 10.2 Å². The summed E-state index contributed by atoms with van der Waals surface area (Å²) >= 11 is 0. The smallest absolute Gasteiger partial charge is 0.341 e. The van der Waals surface area contributed by atoms with Gasteiger partial charge in [-0.2, -0.15) is 5.10 Å². The number of hydrogen-bond acceptors (Lipinski definition) is 4. The molecule has 0 unspecified atom stereocenters. The van der Waals surface area contributed by atoms with Crippen molar-refractivity contribution >= 4 is 5.91 Å². The quantitative estimate of drug-likeness (QED) is 0.730. The molecule has 7 nitrogen and oxygen atoms in total. The molecule has 18 heavy (non-hydrogen) atoms. The number of carbonyl (C=O) groups is 1. The fourth-order valence-electron chi connectivity index (χ4n) is 2.24. The Balaban J connectivity index is 1.78. The minimum absolute atomic E-state index is 0.0389. The Morgan fingerprint density at radius 3 is 3.00 bits per heavy atom. The lowest BCUT2D eigenvalue weighted by Gasteiger charge is -2.15. The van der Waals surface area contributed by atoms with Gasteiger partial charge in [0.05, 0.1) is 6.54 Å². The van der Waals surface area contributed by atoms with E-state index in [1.54, 1.807) is 16.5 Å². The summed E-state index contributed by atoms with van der Waals surface area (Å²) in [5.41, 5.74) is -0.177. The summed E-state index contributed by atoms with van der Waals surface area (Å²) in [7, 11) is 1.79. The van der Waals surface area contributed by atoms with Crippen LogP contribution in [0.15, 0.2) is 4.79 Å². The zero-order valence-corrected chi connectivity index (χ0v) is 10.4. The van der Waals surface area contributed by atoms with E-state index >= 15 is 0 Å². The lowest BCUT2D eigenvalue weighted by atomic mass is 10.4. The van der Waals surface area contributed by atoms with E-state index in [0.717, 1.165) is 19.4 Å². The molecule has 1 fully saturated rings. The third-order valence-corrected chi connectivity index (χ3v) is 3.57. The zero-order valence-electron chi connectivity index (χ0n) is 10.4. The summed E-state index contributed by atoms with van der Waals surface area (Å²) in [5, 5.41) is 7.36. The highest BCUT2D eigenvalue weighted by atomic mass is 16.2. The third-order valence-electron chi connectivity index (χ3n) is 3.57. The Morgan fingerprint density at radius 2 is 2.33 bits per heavy atom. The first-order chi connectivity index (χ1) is 8.66. The van der Waals surface area contributed by atoms with Crippen LogP contribution in [-0.2, 0) is 24.4 Å². The number of amides is 1. The van der Waals surface area contributed by atoms with Gasteiger partial charge in [-0.1, -0.05) is 0 Å². The molecule has 3 rings (SSSR count). The molecule has 1 aromatic heterocycles. The molecule has 0 spiro atoms. The molecule has 0 saturated heterocycles. The molecular formula is C11H17N5O2. The summed E-state index contributed by atoms with van der Waals surface area (Å²) in [5.74, 6) is 0.677. The Kier molecular flexibility index (Phi) is 2.70. The van der Waals surface area contributed by atoms with Crippen LogP contribution >= 0.6 is 0 Å². The number of likely N-dealkylation sites (N-methyl/N-ethyl adjacent to an activating group) is 1. The van der Waals surface area contributed by atoms with Gasteiger partial charge >= 0.3 is 5.69 Å². The maximum Gasteiger partial charge on any atom is 0.346 e. The molecular weight excluding hydrogens is 234 g/mol. The van der Waals surface area contributed by atoms with Crippen molar-refractivity contribution < 1.29 is 4.79 Å². The van der Waals surface area contributed by atoms with Gasteiger partial charge in [0.2, 0.25) is 5.91 Å². The maximum absolute atomic E-state index is 12.0. The fourth-order valence-corrected chi connectivity index (χ4v) is 2.24. The molecule has 98 valence electrons. The predicted molar refractivity (Wildman–Crippen MR) is 64.0 cm³/mol. The molecule has 0 radical (unpaired) electrons. The minimum Gasteiger partial charge on any atom is -0.341 e. The van der Waals surface area contributed by atoms with Crippen molar-refractivity contribution in [2.24, 2.45) is 0 Å². The summed E-state index contributed by atoms with van der Waals surface area (Å²) in [6.07, 6.45) is 2.14. The first-order valence-corrected chi connectivity index (χ1v) is 6.29. The number of nitrogens with zero attached hydrogens (tertiary/aromatic N) is 4. The monoisotopic (exact) mass is 251 g/mol. The average molecular weight is 251 g/mol. The SMILES string of the molecule is CN(C(=O)Cn1nc2n(c1=O)CCNC2)C1CC1. The van der Waals surface area contributed by atoms with Gasteiger partial charge in [-0.3, -0.25) is 9.36 Å². The number of hydrogen-bond donors (Lipinski definition) is 1. The van der Waals surface area contributed by atoms with Crippen molar-refractivity contribution in [1.82, 2.24) is 24.6 Å². The average Bonchev–Trinajstić information content (AvgIpc) is 3.17. The highest BCUT2D eigenvalue weighted by Crippen LogP contribution is 2.25. The molecule has 1 aliphatic carbocycles. The van der Waals surface area contributed by atoms with E-state index in [-0.39, 0.29) is 18.1 Å². The summed E-state index contributed by atoms with van der Waals surface area (Å²) in [4.78, 5) is 25.7. The first kappa shape index (κ1) is 11.5. The Hall–Kier alpha value is -1.63. The van der Waals surface area contributed by atoms with Crippen molar-refractivity contribution in [3.8, 4) is 0 Å². The molecule has 2 heterocycles. The highest BCUT2D eigenvalue weighted by Gasteiger charge is 2.30. The molecule has 0 bridgehead atoms. The minimum atomic E-state index is -0.177. The van der Waals surface area contributed by atoms with Crippen molar-refractivity contribution in [1.29, 1.82) is 0 Å². The van der Waals surface area contributed by atoms with E-state index in [1.807, 2.05) is 0 Å². The predicted octanol–water partition coefficient (Wildman–Crippen LogP) is -1.23. The van der Waals surface area contributed by atoms with Crippen LogP contribution in [0.5, 0.6) is 0 Å². The van der Waals surface area contributed by atoms with Gasteiger partial charge in [0.1, 0.15) is 12.4 Å². The van der Waals surface area contributed by atoms with Gasteiger partial charge in [-0.15, -0.1) is 0 Å². The van der Waals surface area contributed by atoms with E-state index < -0.39 is 0 Å². The number of nitrogens with one attached hydrogen (secondary N) is 1. The number of fused-ring (bicyclic) bond motifs is 1. The van der Waals surface area contributed by atoms with Gasteiger partial charge in [0, 0.05) is 26.2 Å². The maximum atomic E-state index is 12.0. The summed E-state index contributed by atoms with van der Waals surface area (Å²) in [6, 6.07) is 0.368. The number of carbonyl (C=O) groups excluding carboxylic acids is 1. The summed E-state index contributed by atoms with van der Waals surface area (Å²) < 4.78 is 2.92. The zero-order chi connectivity index (χ0) is 12.7. The van der Waals surface area contributed by atoms with E-state index in [9.17, 15) is 9.59 Å². The van der Waals surface area contributed by atoms with Crippen molar-refractivity contribution in [3.05, 3.63) is 16.3 Å². The molecule has 1 N–H and O–H groups in total. The van der Waals surface area contributed by atoms with Gasteiger partial charge in [-0.25, -0.2) is 9.48 Å². The number of aromatic nitrogens is 3. The molecule has 1 aliphatic heterocycles. The lowest BCUT2D eigenvalue weighted by Crippen LogP contribution is -2.37. The van der Waals surface area contributed by atoms with Crippen LogP contribution in [0.25, 0.3) is 0 Å². The number of rotatable bonds is 3. The first-order valence-electron chi connectivity index (χ1n) is 6.29. The molecule has 1 saturated carbocycles. The topological polar surface area (TPSA) is 72.2 Å². The second kappa shape index (κ2) is 4.24. The Bertz CT molecular complexity index is 528. The molecule has 1 aromatic rings. The molecule has 7 heteroatoms. The van der Waals surface area contributed by atoms with Gasteiger partial charge in [0.25, 0.3) is 0 Å². The van der Waals surface area contributed by atoms with Crippen molar-refractivity contribution in [2.75, 3.05) is 13.6 Å². The Morgan fingerprint density at radius 1 is 1.56 bits per heavy atom. The molecule has 0 aromatic carbocycles. The van der Waals surface area contributed by atoms with Gasteiger partial charge in [0.15, 0.2) is 0 Å².